The lowest BCUT2D eigenvalue weighted by Gasteiger charge is -2.06. The van der Waals surface area contributed by atoms with Gasteiger partial charge in [-0.3, -0.25) is 4.68 Å². The van der Waals surface area contributed by atoms with Gasteiger partial charge in [-0.15, -0.1) is 0 Å². The Kier molecular flexibility index (Phi) is 3.58. The summed E-state index contributed by atoms with van der Waals surface area (Å²) in [4.78, 5) is 4.02. The maximum atomic E-state index is 8.93. The Morgan fingerprint density at radius 1 is 1.44 bits per heavy atom. The number of hydrogen-bond acceptors (Lipinski definition) is 4. The molecule has 1 N–H and O–H groups in total. The molecule has 2 aromatic heterocycles. The molecule has 2 rings (SSSR count). The zero-order valence-corrected chi connectivity index (χ0v) is 10.5. The fraction of sp³-hybridized carbons (Fsp3) is 0.308. The summed E-state index contributed by atoms with van der Waals surface area (Å²) < 4.78 is 1.89. The number of nitrogens with one attached hydrogen (secondary N) is 1. The summed E-state index contributed by atoms with van der Waals surface area (Å²) in [6.07, 6.45) is 3.55. The van der Waals surface area contributed by atoms with Gasteiger partial charge in [-0.25, -0.2) is 4.98 Å². The molecule has 0 radical (unpaired) electrons. The molecule has 2 aromatic rings. The average molecular weight is 241 g/mol. The van der Waals surface area contributed by atoms with E-state index in [-0.39, 0.29) is 0 Å². The van der Waals surface area contributed by atoms with E-state index in [1.54, 1.807) is 6.20 Å². The van der Waals surface area contributed by atoms with Crippen molar-refractivity contribution >= 4 is 5.82 Å². The first-order valence-electron chi connectivity index (χ1n) is 5.83. The first-order chi connectivity index (χ1) is 8.70. The zero-order valence-electron chi connectivity index (χ0n) is 10.5. The predicted molar refractivity (Wildman–Crippen MR) is 68.9 cm³/mol. The third-order valence-corrected chi connectivity index (χ3v) is 2.59. The van der Waals surface area contributed by atoms with Crippen molar-refractivity contribution in [3.63, 3.8) is 0 Å². The van der Waals surface area contributed by atoms with E-state index in [4.69, 9.17) is 5.26 Å². The molecule has 5 heteroatoms. The molecule has 0 aliphatic heterocycles. The SMILES string of the molecule is CC(C)n1ccc(NCc2cccnc2C#N)n1. The van der Waals surface area contributed by atoms with Crippen molar-refractivity contribution in [2.75, 3.05) is 5.32 Å². The van der Waals surface area contributed by atoms with Crippen molar-refractivity contribution in [3.8, 4) is 6.07 Å². The van der Waals surface area contributed by atoms with Crippen LogP contribution in [0.2, 0.25) is 0 Å². The van der Waals surface area contributed by atoms with Crippen LogP contribution in [0.3, 0.4) is 0 Å². The third-order valence-electron chi connectivity index (χ3n) is 2.59. The molecule has 5 nitrogen and oxygen atoms in total. The van der Waals surface area contributed by atoms with Gasteiger partial charge in [0.15, 0.2) is 0 Å². The van der Waals surface area contributed by atoms with Gasteiger partial charge in [0, 0.05) is 36.6 Å². The van der Waals surface area contributed by atoms with Gasteiger partial charge in [-0.05, 0) is 19.9 Å². The Balaban J connectivity index is 2.05. The van der Waals surface area contributed by atoms with Crippen molar-refractivity contribution in [2.45, 2.75) is 26.4 Å². The van der Waals surface area contributed by atoms with Crippen molar-refractivity contribution in [2.24, 2.45) is 0 Å². The van der Waals surface area contributed by atoms with Crippen molar-refractivity contribution in [1.82, 2.24) is 14.8 Å². The molecular weight excluding hydrogens is 226 g/mol. The van der Waals surface area contributed by atoms with E-state index in [1.807, 2.05) is 29.1 Å². The van der Waals surface area contributed by atoms with Crippen LogP contribution in [-0.2, 0) is 6.54 Å². The van der Waals surface area contributed by atoms with Crippen LogP contribution in [0.1, 0.15) is 31.1 Å². The standard InChI is InChI=1S/C13H15N5/c1-10(2)18-7-5-13(17-18)16-9-11-4-3-6-15-12(11)8-14/h3-7,10H,9H2,1-2H3,(H,16,17). The van der Waals surface area contributed by atoms with E-state index in [9.17, 15) is 0 Å². The first kappa shape index (κ1) is 12.1. The highest BCUT2D eigenvalue weighted by molar-refractivity contribution is 5.37. The largest absolute Gasteiger partial charge is 0.364 e. The Hall–Kier alpha value is -2.35. The summed E-state index contributed by atoms with van der Waals surface area (Å²) in [6.45, 7) is 4.70. The summed E-state index contributed by atoms with van der Waals surface area (Å²) in [6, 6.07) is 8.05. The number of rotatable bonds is 4. The maximum absolute atomic E-state index is 8.93. The second kappa shape index (κ2) is 5.32. The summed E-state index contributed by atoms with van der Waals surface area (Å²) in [5.74, 6) is 0.802. The molecule has 0 atom stereocenters. The molecule has 92 valence electrons. The van der Waals surface area contributed by atoms with Crippen LogP contribution >= 0.6 is 0 Å². The molecule has 0 spiro atoms. The summed E-state index contributed by atoms with van der Waals surface area (Å²) >= 11 is 0. The van der Waals surface area contributed by atoms with Crippen LogP contribution in [0.5, 0.6) is 0 Å². The van der Waals surface area contributed by atoms with Gasteiger partial charge in [0.1, 0.15) is 17.6 Å². The van der Waals surface area contributed by atoms with E-state index in [2.05, 4.69) is 35.3 Å². The minimum Gasteiger partial charge on any atom is -0.364 e. The number of nitriles is 1. The molecule has 0 saturated heterocycles. The lowest BCUT2D eigenvalue weighted by molar-refractivity contribution is 0.534. The van der Waals surface area contributed by atoms with Crippen molar-refractivity contribution in [3.05, 3.63) is 41.9 Å². The molecule has 0 amide bonds. The summed E-state index contributed by atoms with van der Waals surface area (Å²) in [5, 5.41) is 16.5. The van der Waals surface area contributed by atoms with E-state index < -0.39 is 0 Å². The van der Waals surface area contributed by atoms with Crippen LogP contribution in [0.15, 0.2) is 30.6 Å². The number of anilines is 1. The highest BCUT2D eigenvalue weighted by atomic mass is 15.3. The van der Waals surface area contributed by atoms with Gasteiger partial charge >= 0.3 is 0 Å². The van der Waals surface area contributed by atoms with Crippen molar-refractivity contribution < 1.29 is 0 Å². The Bertz CT molecular complexity index is 565. The third kappa shape index (κ3) is 2.66. The molecule has 0 aromatic carbocycles. The summed E-state index contributed by atoms with van der Waals surface area (Å²) in [7, 11) is 0. The highest BCUT2D eigenvalue weighted by Crippen LogP contribution is 2.11. The molecule has 18 heavy (non-hydrogen) atoms. The van der Waals surface area contributed by atoms with Gasteiger partial charge in [0.2, 0.25) is 0 Å². The quantitative estimate of drug-likeness (QED) is 0.892. The zero-order chi connectivity index (χ0) is 13.0. The molecular formula is C13H15N5. The van der Waals surface area contributed by atoms with E-state index in [1.165, 1.54) is 0 Å². The predicted octanol–water partition coefficient (Wildman–Crippen LogP) is 2.34. The molecule has 0 aliphatic rings. The van der Waals surface area contributed by atoms with Crippen LogP contribution in [0, 0.1) is 11.3 Å². The smallest absolute Gasteiger partial charge is 0.148 e. The molecule has 0 fully saturated rings. The number of nitrogens with zero attached hydrogens (tertiary/aromatic N) is 4. The second-order valence-corrected chi connectivity index (χ2v) is 4.25. The molecule has 0 bridgehead atoms. The fourth-order valence-electron chi connectivity index (χ4n) is 1.59. The van der Waals surface area contributed by atoms with Gasteiger partial charge < -0.3 is 5.32 Å². The molecule has 0 aliphatic carbocycles. The van der Waals surface area contributed by atoms with Gasteiger partial charge in [0.05, 0.1) is 0 Å². The Morgan fingerprint density at radius 3 is 2.94 bits per heavy atom. The molecule has 2 heterocycles. The number of aromatic nitrogens is 3. The van der Waals surface area contributed by atoms with E-state index >= 15 is 0 Å². The molecule has 0 unspecified atom stereocenters. The van der Waals surface area contributed by atoms with Gasteiger partial charge in [0.25, 0.3) is 0 Å². The van der Waals surface area contributed by atoms with Crippen LogP contribution in [0.25, 0.3) is 0 Å². The van der Waals surface area contributed by atoms with Crippen molar-refractivity contribution in [1.29, 1.82) is 5.26 Å². The van der Waals surface area contributed by atoms with Gasteiger partial charge in [-0.1, -0.05) is 6.07 Å². The lowest BCUT2D eigenvalue weighted by atomic mass is 10.2. The number of pyridine rings is 1. The van der Waals surface area contributed by atoms with Crippen LogP contribution in [0.4, 0.5) is 5.82 Å². The minimum absolute atomic E-state index is 0.341. The average Bonchev–Trinajstić information content (AvgIpc) is 2.85. The normalized spacial score (nSPS) is 10.3. The molecule has 0 saturated carbocycles. The topological polar surface area (TPSA) is 66.5 Å². The minimum atomic E-state index is 0.341. The summed E-state index contributed by atoms with van der Waals surface area (Å²) in [5.41, 5.74) is 1.33. The fourth-order valence-corrected chi connectivity index (χ4v) is 1.59. The van der Waals surface area contributed by atoms with E-state index in [0.717, 1.165) is 11.4 Å². The lowest BCUT2D eigenvalue weighted by Crippen LogP contribution is -2.05. The van der Waals surface area contributed by atoms with Gasteiger partial charge in [-0.2, -0.15) is 10.4 Å². The maximum Gasteiger partial charge on any atom is 0.148 e. The Morgan fingerprint density at radius 2 is 2.28 bits per heavy atom. The Labute approximate surface area is 106 Å². The van der Waals surface area contributed by atoms with Crippen LogP contribution in [-0.4, -0.2) is 14.8 Å². The van der Waals surface area contributed by atoms with E-state index in [0.29, 0.717) is 18.3 Å². The second-order valence-electron chi connectivity index (χ2n) is 4.25. The first-order valence-corrected chi connectivity index (χ1v) is 5.83. The van der Waals surface area contributed by atoms with Crippen LogP contribution < -0.4 is 5.32 Å². The highest BCUT2D eigenvalue weighted by Gasteiger charge is 2.04. The number of hydrogen-bond donors (Lipinski definition) is 1. The monoisotopic (exact) mass is 241 g/mol.